The van der Waals surface area contributed by atoms with E-state index >= 15 is 0 Å². The Morgan fingerprint density at radius 2 is 0.655 bits per heavy atom. The van der Waals surface area contributed by atoms with E-state index in [2.05, 4.69) is 140 Å². The molecule has 0 atom stereocenters. The van der Waals surface area contributed by atoms with Crippen molar-refractivity contribution in [2.45, 2.75) is 128 Å². The molecule has 0 spiro atoms. The van der Waals surface area contributed by atoms with Gasteiger partial charge < -0.3 is 61.5 Å². The van der Waals surface area contributed by atoms with E-state index in [9.17, 15) is 5.11 Å². The van der Waals surface area contributed by atoms with Crippen LogP contribution in [0.2, 0.25) is 0 Å². The molecule has 0 aliphatic heterocycles. The predicted octanol–water partition coefficient (Wildman–Crippen LogP) is 29.8. The molecule has 4 heterocycles. The minimum atomic E-state index is -1.97. The number of methoxy groups -OCH3 is 1. The Balaban J connectivity index is 0.000000168. The lowest BCUT2D eigenvalue weighted by Gasteiger charge is -2.41. The summed E-state index contributed by atoms with van der Waals surface area (Å²) in [5, 5.41) is 18.1. The van der Waals surface area contributed by atoms with Crippen LogP contribution < -0.4 is 22.8 Å². The smallest absolute Gasteiger partial charge is 0.453 e. The SMILES string of the molecule is CC.CC.COc1cc(C)c(Op2oc3ccccc3c3ccccc3o2)c(-c2cc(CO)cc(C)c2Op2oc3ccccc3c3ccccc3o2)c1.Cc1cc(C)c2op(Oc3cccc4c3C3CCC4c4cccc(Op5oc6c(C)cc(C)cc6c6cc(C)cc(C)c6o5)c43)oc3c(C)cc(C)cc3c2c1. The standard InChI is InChI=1S/C48H44O6P2.C40H32O8P2.2C2H6/c1-25-17-29(5)45-37(21-25)38-22-26(2)18-30(6)46(38)52-55(51-45)49-41-13-9-11-34-33-15-16-36(43(34)41)44-35(33)12-10-14-42(44)50-56-53-47-31(7)19-27(3)23-39(47)40-24-28(4)20-32(8)48(40)54-56;1-25-20-27(24-41)22-33(39(25)47-49-43-35-16-8-4-12-29(35)30-13-5-9-17-36(30)44-49)34-23-28(42-3)21-26(2)40(34)48-50-45-37-18-10-6-14-31(37)32-15-7-11-19-38(32)46-50;2*1-2/h9-14,17-24,33,36H,15-16H2,1-8H3;4-23,41H,24H2,1-3H3;2*1-2H3. The summed E-state index contributed by atoms with van der Waals surface area (Å²) in [4.78, 5) is 0. The number of ether oxygens (including phenoxy) is 1. The minimum Gasteiger partial charge on any atom is -0.497 e. The fraction of sp³-hybridized carbons (Fsp3) is 0.217. The van der Waals surface area contributed by atoms with Gasteiger partial charge in [-0.15, -0.1) is 0 Å². The lowest BCUT2D eigenvalue weighted by Crippen LogP contribution is -2.25. The highest BCUT2D eigenvalue weighted by atomic mass is 31.1. The van der Waals surface area contributed by atoms with Crippen molar-refractivity contribution in [3.8, 4) is 39.9 Å². The summed E-state index contributed by atoms with van der Waals surface area (Å²) >= 11 is 0. The number of para-hydroxylation sites is 4. The van der Waals surface area contributed by atoms with E-state index in [1.807, 2.05) is 163 Å². The van der Waals surface area contributed by atoms with Crippen LogP contribution in [0.5, 0.6) is 28.7 Å². The van der Waals surface area contributed by atoms with Crippen molar-refractivity contribution < 1.29 is 61.5 Å². The van der Waals surface area contributed by atoms with Crippen molar-refractivity contribution in [2.75, 3.05) is 7.11 Å². The molecule has 0 unspecified atom stereocenters. The molecule has 0 fully saturated rings. The first-order chi connectivity index (χ1) is 53.5. The lowest BCUT2D eigenvalue weighted by molar-refractivity contribution is 0.281. The Kier molecular flexibility index (Phi) is 21.5. The Bertz CT molecular complexity index is 5800. The number of aliphatic hydroxyl groups excluding tert-OH is 1. The van der Waals surface area contributed by atoms with E-state index in [0.717, 1.165) is 123 Å². The Morgan fingerprint density at radius 3 is 1.01 bits per heavy atom. The van der Waals surface area contributed by atoms with Gasteiger partial charge in [0.05, 0.1) is 13.7 Å². The molecule has 18 heteroatoms. The molecule has 19 rings (SSSR count). The highest BCUT2D eigenvalue weighted by Crippen LogP contribution is 2.60. The first-order valence-corrected chi connectivity index (χ1v) is 41.8. The zero-order valence-corrected chi connectivity index (χ0v) is 68.0. The number of hydrogen-bond acceptors (Lipinski definition) is 14. The number of aliphatic hydroxyl groups is 1. The summed E-state index contributed by atoms with van der Waals surface area (Å²) in [6.07, 6.45) is 2.02. The van der Waals surface area contributed by atoms with E-state index in [1.165, 1.54) is 44.5 Å². The average molecular weight is 1540 g/mol. The molecular formula is C92H88O14P4. The molecule has 3 aliphatic rings. The Morgan fingerprint density at radius 1 is 0.327 bits per heavy atom. The van der Waals surface area contributed by atoms with Gasteiger partial charge in [-0.1, -0.05) is 155 Å². The van der Waals surface area contributed by atoms with Gasteiger partial charge in [-0.3, -0.25) is 0 Å². The molecule has 2 bridgehead atoms. The van der Waals surface area contributed by atoms with E-state index in [0.29, 0.717) is 56.3 Å². The lowest BCUT2D eigenvalue weighted by atomic mass is 9.63. The van der Waals surface area contributed by atoms with Crippen LogP contribution in [0, 0.1) is 69.2 Å². The van der Waals surface area contributed by atoms with Crippen LogP contribution in [-0.4, -0.2) is 12.2 Å². The van der Waals surface area contributed by atoms with Gasteiger partial charge in [-0.2, -0.15) is 0 Å². The Hall–Kier alpha value is -10.8. The highest BCUT2D eigenvalue weighted by Gasteiger charge is 2.42. The summed E-state index contributed by atoms with van der Waals surface area (Å²) in [5.74, 6) is 3.46. The first kappa shape index (κ1) is 74.7. The van der Waals surface area contributed by atoms with Gasteiger partial charge in [0.2, 0.25) is 0 Å². The van der Waals surface area contributed by atoms with Gasteiger partial charge in [-0.05, 0) is 233 Å². The molecule has 0 saturated heterocycles. The Labute approximate surface area is 643 Å². The second kappa shape index (κ2) is 31.7. The van der Waals surface area contributed by atoms with Crippen molar-refractivity contribution in [1.82, 2.24) is 0 Å². The van der Waals surface area contributed by atoms with Crippen molar-refractivity contribution in [2.24, 2.45) is 0 Å². The third-order valence-electron chi connectivity index (χ3n) is 20.1. The monoisotopic (exact) mass is 1540 g/mol. The molecule has 560 valence electrons. The summed E-state index contributed by atoms with van der Waals surface area (Å²) in [6.45, 7) is 28.6. The molecule has 0 amide bonds. The van der Waals surface area contributed by atoms with Gasteiger partial charge in [0.1, 0.15) is 73.4 Å². The van der Waals surface area contributed by atoms with Crippen LogP contribution in [-0.2, 0) is 6.61 Å². The van der Waals surface area contributed by atoms with Crippen molar-refractivity contribution in [1.29, 1.82) is 0 Å². The van der Waals surface area contributed by atoms with Crippen molar-refractivity contribution in [3.63, 3.8) is 0 Å². The largest absolute Gasteiger partial charge is 0.497 e. The molecule has 14 nitrogen and oxygen atoms in total. The predicted molar refractivity (Wildman–Crippen MR) is 450 cm³/mol. The van der Waals surface area contributed by atoms with E-state index in [-0.39, 0.29) is 18.4 Å². The number of fused-ring (bicyclic) bond motifs is 13. The third-order valence-corrected chi connectivity index (χ3v) is 24.2. The zero-order valence-electron chi connectivity index (χ0n) is 64.4. The second-order valence-corrected chi connectivity index (χ2v) is 31.8. The van der Waals surface area contributed by atoms with Crippen molar-refractivity contribution >= 4 is 121 Å². The fourth-order valence-corrected chi connectivity index (χ4v) is 20.4. The second-order valence-electron chi connectivity index (χ2n) is 27.8. The zero-order chi connectivity index (χ0) is 76.8. The summed E-state index contributed by atoms with van der Waals surface area (Å²) < 4.78 is 85.8. The number of rotatable bonds is 11. The fourth-order valence-electron chi connectivity index (χ4n) is 15.7. The van der Waals surface area contributed by atoms with Crippen LogP contribution in [0.15, 0.2) is 240 Å². The van der Waals surface area contributed by atoms with Gasteiger partial charge >= 0.3 is 33.0 Å². The first-order valence-electron chi connectivity index (χ1n) is 37.4. The van der Waals surface area contributed by atoms with Gasteiger partial charge in [0, 0.05) is 77.2 Å². The molecule has 0 saturated carbocycles. The van der Waals surface area contributed by atoms with Gasteiger partial charge in [-0.25, -0.2) is 0 Å². The van der Waals surface area contributed by atoms with Gasteiger partial charge in [0.15, 0.2) is 0 Å². The maximum Gasteiger partial charge on any atom is 0.453 e. The molecule has 1 N–H and O–H groups in total. The molecule has 0 radical (unpaired) electrons. The maximum atomic E-state index is 10.3. The van der Waals surface area contributed by atoms with Gasteiger partial charge in [0.25, 0.3) is 0 Å². The van der Waals surface area contributed by atoms with Crippen LogP contribution in [0.4, 0.5) is 0 Å². The molecule has 12 aromatic carbocycles. The third kappa shape index (κ3) is 14.4. The van der Waals surface area contributed by atoms with E-state index in [1.54, 1.807) is 7.11 Å². The number of benzene rings is 12. The molecule has 16 aromatic rings. The number of hydrogen-bond donors (Lipinski definition) is 1. The van der Waals surface area contributed by atoms with Crippen LogP contribution in [0.25, 0.3) is 98.9 Å². The van der Waals surface area contributed by atoms with E-state index < -0.39 is 33.0 Å². The van der Waals surface area contributed by atoms with Crippen LogP contribution in [0.1, 0.15) is 136 Å². The quantitative estimate of drug-likeness (QED) is 0.130. The van der Waals surface area contributed by atoms with Crippen LogP contribution in [0.3, 0.4) is 0 Å². The molecule has 110 heavy (non-hydrogen) atoms. The molecular weight excluding hydrogens is 1450 g/mol. The normalized spacial score (nSPS) is 13.2. The topological polar surface area (TPSA) is 172 Å². The van der Waals surface area contributed by atoms with E-state index in [4.69, 9.17) is 56.4 Å². The summed E-state index contributed by atoms with van der Waals surface area (Å²) in [7, 11) is -6.01. The van der Waals surface area contributed by atoms with Crippen molar-refractivity contribution in [3.05, 3.63) is 290 Å². The summed E-state index contributed by atoms with van der Waals surface area (Å²) in [5.41, 5.74) is 23.3. The molecule has 4 aromatic heterocycles. The summed E-state index contributed by atoms with van der Waals surface area (Å²) in [6, 6.07) is 69.0. The average Bonchev–Trinajstić information content (AvgIpc) is 0.822. The molecule has 3 aliphatic carbocycles. The number of aryl methyl sites for hydroxylation is 10. The van der Waals surface area contributed by atoms with Crippen LogP contribution >= 0.6 is 33.0 Å². The minimum absolute atomic E-state index is 0.0445. The highest BCUT2D eigenvalue weighted by molar-refractivity contribution is 7.33. The maximum absolute atomic E-state index is 10.3.